The van der Waals surface area contributed by atoms with Crippen LogP contribution in [0.25, 0.3) is 0 Å². The van der Waals surface area contributed by atoms with Crippen molar-refractivity contribution >= 4 is 45.7 Å². The lowest BCUT2D eigenvalue weighted by atomic mass is 10.3. The summed E-state index contributed by atoms with van der Waals surface area (Å²) in [5, 5.41) is 13.1. The summed E-state index contributed by atoms with van der Waals surface area (Å²) < 4.78 is 0. The molecule has 0 spiro atoms. The summed E-state index contributed by atoms with van der Waals surface area (Å²) in [6, 6.07) is 9.19. The molecule has 2 amide bonds. The van der Waals surface area contributed by atoms with Crippen molar-refractivity contribution in [3.05, 3.63) is 35.8 Å². The Bertz CT molecular complexity index is 560. The standard InChI is InChI=1S/C12H12N4O2S2/c17-10(14-9-4-2-1-3-5-9)6-19-7-11(18)15-12-16-13-8-20-12/h1-5,8H,6-7H2,(H,14,17)(H,15,16,18). The molecule has 2 N–H and O–H groups in total. The quantitative estimate of drug-likeness (QED) is 0.851. The number of hydrogen-bond acceptors (Lipinski definition) is 6. The first-order valence-corrected chi connectivity index (χ1v) is 7.76. The van der Waals surface area contributed by atoms with E-state index in [9.17, 15) is 9.59 Å². The van der Waals surface area contributed by atoms with E-state index >= 15 is 0 Å². The van der Waals surface area contributed by atoms with Crippen LogP contribution in [-0.2, 0) is 9.59 Å². The topological polar surface area (TPSA) is 84.0 Å². The van der Waals surface area contributed by atoms with Gasteiger partial charge < -0.3 is 5.32 Å². The first-order chi connectivity index (χ1) is 9.74. The van der Waals surface area contributed by atoms with Gasteiger partial charge >= 0.3 is 0 Å². The van der Waals surface area contributed by atoms with Crippen LogP contribution >= 0.6 is 23.1 Å². The molecule has 1 aromatic carbocycles. The van der Waals surface area contributed by atoms with Gasteiger partial charge in [-0.1, -0.05) is 29.5 Å². The Morgan fingerprint density at radius 1 is 1.10 bits per heavy atom. The van der Waals surface area contributed by atoms with Crippen LogP contribution in [-0.4, -0.2) is 33.5 Å². The number of carbonyl (C=O) groups excluding carboxylic acids is 2. The maximum Gasteiger partial charge on any atom is 0.236 e. The first kappa shape index (κ1) is 14.5. The third-order valence-electron chi connectivity index (χ3n) is 2.13. The minimum absolute atomic E-state index is 0.134. The Hall–Kier alpha value is -1.93. The van der Waals surface area contributed by atoms with Gasteiger partial charge in [0.2, 0.25) is 16.9 Å². The van der Waals surface area contributed by atoms with Crippen molar-refractivity contribution in [3.8, 4) is 0 Å². The number of anilines is 2. The van der Waals surface area contributed by atoms with Crippen molar-refractivity contribution in [1.82, 2.24) is 10.2 Å². The molecule has 0 aliphatic rings. The third kappa shape index (κ3) is 4.98. The first-order valence-electron chi connectivity index (χ1n) is 5.73. The molecule has 0 fully saturated rings. The average molecular weight is 308 g/mol. The van der Waals surface area contributed by atoms with Crippen LogP contribution in [0.3, 0.4) is 0 Å². The smallest absolute Gasteiger partial charge is 0.236 e. The van der Waals surface area contributed by atoms with E-state index in [1.54, 1.807) is 0 Å². The summed E-state index contributed by atoms with van der Waals surface area (Å²) in [5.41, 5.74) is 2.28. The number of amides is 2. The van der Waals surface area contributed by atoms with Crippen molar-refractivity contribution < 1.29 is 9.59 Å². The molecule has 6 nitrogen and oxygen atoms in total. The molecule has 0 unspecified atom stereocenters. The third-order valence-corrected chi connectivity index (χ3v) is 3.67. The number of hydrogen-bond donors (Lipinski definition) is 2. The molecule has 1 aromatic heterocycles. The molecule has 0 saturated heterocycles. The van der Waals surface area contributed by atoms with Gasteiger partial charge in [0.05, 0.1) is 11.5 Å². The second-order valence-corrected chi connectivity index (χ2v) is 5.52. The number of thioether (sulfide) groups is 1. The number of nitrogens with zero attached hydrogens (tertiary/aromatic N) is 2. The number of rotatable bonds is 6. The van der Waals surface area contributed by atoms with Gasteiger partial charge in [-0.2, -0.15) is 0 Å². The number of aromatic nitrogens is 2. The van der Waals surface area contributed by atoms with Crippen LogP contribution in [0, 0.1) is 0 Å². The van der Waals surface area contributed by atoms with Crippen LogP contribution in [0.15, 0.2) is 35.8 Å². The largest absolute Gasteiger partial charge is 0.325 e. The van der Waals surface area contributed by atoms with Crippen molar-refractivity contribution in [2.45, 2.75) is 0 Å². The van der Waals surface area contributed by atoms with E-state index in [4.69, 9.17) is 0 Å². The predicted molar refractivity (Wildman–Crippen MR) is 80.9 cm³/mol. The predicted octanol–water partition coefficient (Wildman–Crippen LogP) is 1.85. The molecule has 0 saturated carbocycles. The number of nitrogens with one attached hydrogen (secondary N) is 2. The lowest BCUT2D eigenvalue weighted by Crippen LogP contribution is -2.18. The van der Waals surface area contributed by atoms with Gasteiger partial charge in [0.25, 0.3) is 0 Å². The summed E-state index contributed by atoms with van der Waals surface area (Å²) in [6.07, 6.45) is 0. The fraction of sp³-hybridized carbons (Fsp3) is 0.167. The number of carbonyl (C=O) groups is 2. The SMILES string of the molecule is O=C(CSCC(=O)Nc1nncs1)Nc1ccccc1. The van der Waals surface area contributed by atoms with E-state index < -0.39 is 0 Å². The van der Waals surface area contributed by atoms with Crippen molar-refractivity contribution in [2.24, 2.45) is 0 Å². The van der Waals surface area contributed by atoms with Crippen LogP contribution in [0.1, 0.15) is 0 Å². The molecule has 20 heavy (non-hydrogen) atoms. The lowest BCUT2D eigenvalue weighted by molar-refractivity contribution is -0.114. The molecule has 104 valence electrons. The van der Waals surface area contributed by atoms with Gasteiger partial charge in [0.15, 0.2) is 0 Å². The molecule has 0 aliphatic carbocycles. The monoisotopic (exact) mass is 308 g/mol. The van der Waals surface area contributed by atoms with E-state index in [-0.39, 0.29) is 23.3 Å². The molecule has 0 aliphatic heterocycles. The van der Waals surface area contributed by atoms with E-state index in [0.717, 1.165) is 5.69 Å². The summed E-state index contributed by atoms with van der Waals surface area (Å²) in [4.78, 5) is 23.2. The summed E-state index contributed by atoms with van der Waals surface area (Å²) in [5.74, 6) is 0.0874. The zero-order chi connectivity index (χ0) is 14.2. The average Bonchev–Trinajstić information content (AvgIpc) is 2.92. The highest BCUT2D eigenvalue weighted by Gasteiger charge is 2.07. The lowest BCUT2D eigenvalue weighted by Gasteiger charge is -2.04. The highest BCUT2D eigenvalue weighted by Crippen LogP contribution is 2.10. The Balaban J connectivity index is 1.65. The number of benzene rings is 1. The molecule has 0 atom stereocenters. The highest BCUT2D eigenvalue weighted by molar-refractivity contribution is 8.00. The van der Waals surface area contributed by atoms with Gasteiger partial charge in [0, 0.05) is 5.69 Å². The second kappa shape index (κ2) is 7.61. The maximum atomic E-state index is 11.6. The Morgan fingerprint density at radius 3 is 2.45 bits per heavy atom. The van der Waals surface area contributed by atoms with Gasteiger partial charge in [-0.3, -0.25) is 14.9 Å². The zero-order valence-electron chi connectivity index (χ0n) is 10.4. The number of para-hydroxylation sites is 1. The molecule has 0 radical (unpaired) electrons. The summed E-state index contributed by atoms with van der Waals surface area (Å²) in [7, 11) is 0. The molecule has 2 rings (SSSR count). The van der Waals surface area contributed by atoms with E-state index in [1.165, 1.54) is 28.6 Å². The van der Waals surface area contributed by atoms with Crippen molar-refractivity contribution in [1.29, 1.82) is 0 Å². The van der Waals surface area contributed by atoms with Crippen LogP contribution in [0.5, 0.6) is 0 Å². The second-order valence-electron chi connectivity index (χ2n) is 3.70. The Morgan fingerprint density at radius 2 is 1.80 bits per heavy atom. The zero-order valence-corrected chi connectivity index (χ0v) is 12.0. The molecule has 0 bridgehead atoms. The fourth-order valence-electron chi connectivity index (χ4n) is 1.34. The van der Waals surface area contributed by atoms with E-state index in [0.29, 0.717) is 5.13 Å². The summed E-state index contributed by atoms with van der Waals surface area (Å²) in [6.45, 7) is 0. The van der Waals surface area contributed by atoms with Crippen LogP contribution < -0.4 is 10.6 Å². The van der Waals surface area contributed by atoms with E-state index in [2.05, 4.69) is 20.8 Å². The van der Waals surface area contributed by atoms with Gasteiger partial charge in [-0.05, 0) is 12.1 Å². The van der Waals surface area contributed by atoms with Gasteiger partial charge in [-0.25, -0.2) is 0 Å². The van der Waals surface area contributed by atoms with Crippen LogP contribution in [0.2, 0.25) is 0 Å². The molecule has 1 heterocycles. The molecule has 8 heteroatoms. The summed E-state index contributed by atoms with van der Waals surface area (Å²) >= 11 is 2.49. The van der Waals surface area contributed by atoms with Gasteiger partial charge in [-0.15, -0.1) is 22.0 Å². The van der Waals surface area contributed by atoms with Crippen molar-refractivity contribution in [2.75, 3.05) is 22.1 Å². The van der Waals surface area contributed by atoms with Crippen molar-refractivity contribution in [3.63, 3.8) is 0 Å². The minimum Gasteiger partial charge on any atom is -0.325 e. The fourth-order valence-corrected chi connectivity index (χ4v) is 2.42. The molecular weight excluding hydrogens is 296 g/mol. The van der Waals surface area contributed by atoms with Crippen LogP contribution in [0.4, 0.5) is 10.8 Å². The maximum absolute atomic E-state index is 11.6. The highest BCUT2D eigenvalue weighted by atomic mass is 32.2. The minimum atomic E-state index is -0.195. The van der Waals surface area contributed by atoms with E-state index in [1.807, 2.05) is 30.3 Å². The Kier molecular flexibility index (Phi) is 5.51. The molecule has 2 aromatic rings. The molecular formula is C12H12N4O2S2. The normalized spacial score (nSPS) is 10.0. The van der Waals surface area contributed by atoms with Gasteiger partial charge in [0.1, 0.15) is 5.51 Å². The Labute approximate surface area is 124 Å².